The molecule has 1 aromatic rings. The van der Waals surface area contributed by atoms with Crippen molar-refractivity contribution < 1.29 is 8.78 Å². The zero-order valence-corrected chi connectivity index (χ0v) is 8.76. The Kier molecular flexibility index (Phi) is 2.51. The molecule has 1 aromatic carbocycles. The molecule has 0 heterocycles. The number of benzene rings is 1. The van der Waals surface area contributed by atoms with Gasteiger partial charge in [0.1, 0.15) is 11.6 Å². The average molecular weight is 211 g/mol. The van der Waals surface area contributed by atoms with E-state index in [0.717, 1.165) is 25.3 Å². The third kappa shape index (κ3) is 1.88. The van der Waals surface area contributed by atoms with Gasteiger partial charge >= 0.3 is 0 Å². The summed E-state index contributed by atoms with van der Waals surface area (Å²) in [4.78, 5) is 0. The van der Waals surface area contributed by atoms with Crippen LogP contribution in [0.3, 0.4) is 0 Å². The third-order valence-electron chi connectivity index (χ3n) is 3.32. The summed E-state index contributed by atoms with van der Waals surface area (Å²) in [7, 11) is 0. The molecule has 0 saturated heterocycles. The Hall–Kier alpha value is -0.960. The minimum Gasteiger partial charge on any atom is -0.321 e. The Morgan fingerprint density at radius 3 is 2.27 bits per heavy atom. The van der Waals surface area contributed by atoms with E-state index in [9.17, 15) is 8.78 Å². The fourth-order valence-corrected chi connectivity index (χ4v) is 2.34. The molecular formula is C12H15F2N. The SMILES string of the molecule is CCC1CC(N)(c2cc(F)cc(F)c2)C1. The highest BCUT2D eigenvalue weighted by molar-refractivity contribution is 5.28. The van der Waals surface area contributed by atoms with Crippen molar-refractivity contribution in [2.45, 2.75) is 31.7 Å². The van der Waals surface area contributed by atoms with E-state index in [2.05, 4.69) is 6.92 Å². The number of hydrogen-bond donors (Lipinski definition) is 1. The number of nitrogens with two attached hydrogens (primary N) is 1. The lowest BCUT2D eigenvalue weighted by atomic mass is 9.64. The van der Waals surface area contributed by atoms with Crippen molar-refractivity contribution in [3.8, 4) is 0 Å². The summed E-state index contributed by atoms with van der Waals surface area (Å²) in [5.41, 5.74) is 6.17. The predicted octanol–water partition coefficient (Wildman–Crippen LogP) is 2.94. The molecule has 2 rings (SSSR count). The molecule has 0 aromatic heterocycles. The first-order valence-electron chi connectivity index (χ1n) is 5.29. The van der Waals surface area contributed by atoms with Gasteiger partial charge in [-0.15, -0.1) is 0 Å². The third-order valence-corrected chi connectivity index (χ3v) is 3.32. The first-order chi connectivity index (χ1) is 7.03. The largest absolute Gasteiger partial charge is 0.321 e. The maximum atomic E-state index is 13.0. The molecular weight excluding hydrogens is 196 g/mol. The van der Waals surface area contributed by atoms with Crippen LogP contribution in [0.25, 0.3) is 0 Å². The van der Waals surface area contributed by atoms with E-state index < -0.39 is 17.2 Å². The molecule has 1 aliphatic carbocycles. The van der Waals surface area contributed by atoms with E-state index >= 15 is 0 Å². The summed E-state index contributed by atoms with van der Waals surface area (Å²) in [6.07, 6.45) is 2.73. The first-order valence-corrected chi connectivity index (χ1v) is 5.29. The highest BCUT2D eigenvalue weighted by Gasteiger charge is 2.41. The average Bonchev–Trinajstić information content (AvgIpc) is 2.11. The van der Waals surface area contributed by atoms with E-state index in [4.69, 9.17) is 5.73 Å². The molecule has 0 radical (unpaired) electrons. The van der Waals surface area contributed by atoms with Crippen LogP contribution in [0.5, 0.6) is 0 Å². The Balaban J connectivity index is 2.23. The van der Waals surface area contributed by atoms with Crippen LogP contribution in [0.4, 0.5) is 8.78 Å². The summed E-state index contributed by atoms with van der Waals surface area (Å²) in [6.45, 7) is 2.11. The van der Waals surface area contributed by atoms with Crippen LogP contribution in [-0.2, 0) is 5.54 Å². The summed E-state index contributed by atoms with van der Waals surface area (Å²) < 4.78 is 26.0. The summed E-state index contributed by atoms with van der Waals surface area (Å²) >= 11 is 0. The van der Waals surface area contributed by atoms with Crippen LogP contribution in [0, 0.1) is 17.6 Å². The van der Waals surface area contributed by atoms with E-state index in [1.807, 2.05) is 0 Å². The fraction of sp³-hybridized carbons (Fsp3) is 0.500. The van der Waals surface area contributed by atoms with Crippen LogP contribution in [0.2, 0.25) is 0 Å². The molecule has 3 heteroatoms. The molecule has 0 aliphatic heterocycles. The zero-order valence-electron chi connectivity index (χ0n) is 8.76. The number of hydrogen-bond acceptors (Lipinski definition) is 1. The highest BCUT2D eigenvalue weighted by Crippen LogP contribution is 2.45. The second-order valence-electron chi connectivity index (χ2n) is 4.50. The molecule has 1 fully saturated rings. The van der Waals surface area contributed by atoms with Crippen molar-refractivity contribution in [2.75, 3.05) is 0 Å². The van der Waals surface area contributed by atoms with E-state index in [1.54, 1.807) is 0 Å². The fourth-order valence-electron chi connectivity index (χ4n) is 2.34. The van der Waals surface area contributed by atoms with Crippen molar-refractivity contribution in [3.05, 3.63) is 35.4 Å². The molecule has 0 spiro atoms. The minimum absolute atomic E-state index is 0.510. The second kappa shape index (κ2) is 3.56. The highest BCUT2D eigenvalue weighted by atomic mass is 19.1. The Bertz CT molecular complexity index is 350. The zero-order chi connectivity index (χ0) is 11.1. The van der Waals surface area contributed by atoms with E-state index in [0.29, 0.717) is 11.5 Å². The summed E-state index contributed by atoms with van der Waals surface area (Å²) in [5.74, 6) is -0.495. The molecule has 0 atom stereocenters. The van der Waals surface area contributed by atoms with Crippen molar-refractivity contribution in [3.63, 3.8) is 0 Å². The normalized spacial score (nSPS) is 30.0. The molecule has 0 amide bonds. The molecule has 0 bridgehead atoms. The van der Waals surface area contributed by atoms with Crippen LogP contribution in [-0.4, -0.2) is 0 Å². The quantitative estimate of drug-likeness (QED) is 0.799. The van der Waals surface area contributed by atoms with E-state index in [1.165, 1.54) is 12.1 Å². The van der Waals surface area contributed by atoms with Crippen molar-refractivity contribution in [2.24, 2.45) is 11.7 Å². The monoisotopic (exact) mass is 211 g/mol. The summed E-state index contributed by atoms with van der Waals surface area (Å²) in [5, 5.41) is 0. The smallest absolute Gasteiger partial charge is 0.126 e. The van der Waals surface area contributed by atoms with Crippen LogP contribution < -0.4 is 5.73 Å². The van der Waals surface area contributed by atoms with Crippen molar-refractivity contribution in [1.29, 1.82) is 0 Å². The van der Waals surface area contributed by atoms with Gasteiger partial charge < -0.3 is 5.73 Å². The van der Waals surface area contributed by atoms with Crippen LogP contribution >= 0.6 is 0 Å². The van der Waals surface area contributed by atoms with E-state index in [-0.39, 0.29) is 0 Å². The molecule has 82 valence electrons. The maximum Gasteiger partial charge on any atom is 0.126 e. The number of halogens is 2. The Labute approximate surface area is 88.3 Å². The topological polar surface area (TPSA) is 26.0 Å². The van der Waals surface area contributed by atoms with Gasteiger partial charge in [-0.05, 0) is 36.5 Å². The van der Waals surface area contributed by atoms with Gasteiger partial charge in [0.05, 0.1) is 0 Å². The van der Waals surface area contributed by atoms with Gasteiger partial charge in [-0.2, -0.15) is 0 Å². The second-order valence-corrected chi connectivity index (χ2v) is 4.50. The van der Waals surface area contributed by atoms with Crippen LogP contribution in [0.1, 0.15) is 31.7 Å². The lowest BCUT2D eigenvalue weighted by Crippen LogP contribution is -2.48. The van der Waals surface area contributed by atoms with Gasteiger partial charge in [-0.1, -0.05) is 13.3 Å². The minimum atomic E-state index is -0.547. The maximum absolute atomic E-state index is 13.0. The van der Waals surface area contributed by atoms with Gasteiger partial charge in [0, 0.05) is 11.6 Å². The van der Waals surface area contributed by atoms with Gasteiger partial charge in [0.15, 0.2) is 0 Å². The first kappa shape index (κ1) is 10.6. The van der Waals surface area contributed by atoms with Crippen molar-refractivity contribution in [1.82, 2.24) is 0 Å². The molecule has 1 aliphatic rings. The molecule has 15 heavy (non-hydrogen) atoms. The van der Waals surface area contributed by atoms with Crippen LogP contribution in [0.15, 0.2) is 18.2 Å². The Morgan fingerprint density at radius 1 is 1.27 bits per heavy atom. The van der Waals surface area contributed by atoms with Gasteiger partial charge in [-0.3, -0.25) is 0 Å². The lowest BCUT2D eigenvalue weighted by molar-refractivity contribution is 0.142. The van der Waals surface area contributed by atoms with Gasteiger partial charge in [0.25, 0.3) is 0 Å². The molecule has 0 unspecified atom stereocenters. The number of rotatable bonds is 2. The summed E-state index contributed by atoms with van der Waals surface area (Å²) in [6, 6.07) is 3.56. The molecule has 2 N–H and O–H groups in total. The Morgan fingerprint density at radius 2 is 1.80 bits per heavy atom. The molecule has 1 saturated carbocycles. The molecule has 1 nitrogen and oxygen atoms in total. The van der Waals surface area contributed by atoms with Gasteiger partial charge in [-0.25, -0.2) is 8.78 Å². The lowest BCUT2D eigenvalue weighted by Gasteiger charge is -2.45. The predicted molar refractivity (Wildman–Crippen MR) is 55.2 cm³/mol. The standard InChI is InChI=1S/C12H15F2N/c1-2-8-6-12(15,7-8)9-3-10(13)5-11(14)4-9/h3-5,8H,2,6-7,15H2,1H3. The van der Waals surface area contributed by atoms with Crippen molar-refractivity contribution >= 4 is 0 Å². The van der Waals surface area contributed by atoms with Gasteiger partial charge in [0.2, 0.25) is 0 Å².